The maximum absolute atomic E-state index is 12.3. The molecule has 1 amide bonds. The van der Waals surface area contributed by atoms with E-state index < -0.39 is 17.9 Å². The van der Waals surface area contributed by atoms with E-state index in [4.69, 9.17) is 4.42 Å². The van der Waals surface area contributed by atoms with Gasteiger partial charge in [-0.15, -0.1) is 0 Å². The van der Waals surface area contributed by atoms with E-state index in [0.717, 1.165) is 11.1 Å². The zero-order valence-electron chi connectivity index (χ0n) is 13.1. The predicted octanol–water partition coefficient (Wildman–Crippen LogP) is 3.07. The molecule has 0 bridgehead atoms. The zero-order chi connectivity index (χ0) is 16.4. The lowest BCUT2D eigenvalue weighted by atomic mass is 9.97. The number of aryl methyl sites for hydroxylation is 3. The number of amides is 1. The van der Waals surface area contributed by atoms with Crippen LogP contribution in [0.4, 0.5) is 0 Å². The Labute approximate surface area is 129 Å². The third-order valence-corrected chi connectivity index (χ3v) is 3.77. The Kier molecular flexibility index (Phi) is 4.35. The molecule has 0 radical (unpaired) electrons. The number of carboxylic acids is 1. The molecule has 1 aromatic heterocycles. The van der Waals surface area contributed by atoms with Crippen molar-refractivity contribution in [1.29, 1.82) is 0 Å². The van der Waals surface area contributed by atoms with Gasteiger partial charge in [-0.2, -0.15) is 0 Å². The van der Waals surface area contributed by atoms with Gasteiger partial charge in [0, 0.05) is 0 Å². The third kappa shape index (κ3) is 3.03. The van der Waals surface area contributed by atoms with Crippen LogP contribution < -0.4 is 5.32 Å². The van der Waals surface area contributed by atoms with Gasteiger partial charge < -0.3 is 14.8 Å². The number of furan rings is 1. The fourth-order valence-electron chi connectivity index (χ4n) is 2.42. The van der Waals surface area contributed by atoms with Crippen LogP contribution in [-0.2, 0) is 4.79 Å². The van der Waals surface area contributed by atoms with Crippen LogP contribution in [0.25, 0.3) is 0 Å². The van der Waals surface area contributed by atoms with Gasteiger partial charge in [-0.05, 0) is 50.5 Å². The molecule has 0 fully saturated rings. The van der Waals surface area contributed by atoms with E-state index in [1.165, 1.54) is 0 Å². The van der Waals surface area contributed by atoms with Crippen LogP contribution >= 0.6 is 0 Å². The minimum atomic E-state index is -1.10. The van der Waals surface area contributed by atoms with E-state index in [9.17, 15) is 14.7 Å². The summed E-state index contributed by atoms with van der Waals surface area (Å²) in [5.41, 5.74) is 2.77. The first-order valence-corrected chi connectivity index (χ1v) is 6.98. The average Bonchev–Trinajstić information content (AvgIpc) is 2.78. The highest BCUT2D eigenvalue weighted by Crippen LogP contribution is 2.22. The highest BCUT2D eigenvalue weighted by molar-refractivity contribution is 5.97. The molecule has 22 heavy (non-hydrogen) atoms. The molecule has 2 aromatic rings. The van der Waals surface area contributed by atoms with Crippen LogP contribution in [0.3, 0.4) is 0 Å². The van der Waals surface area contributed by atoms with Gasteiger partial charge in [0.25, 0.3) is 5.91 Å². The number of carboxylic acid groups (broad SMARTS) is 1. The standard InChI is InChI=1S/C17H19NO4/c1-9-6-5-7-13(11(9)3)15(17(20)21)18-16(19)14-8-10(2)22-12(14)4/h5-8,15H,1-4H3,(H,18,19)(H,20,21). The largest absolute Gasteiger partial charge is 0.479 e. The SMILES string of the molecule is Cc1cc(C(=O)NC(C(=O)O)c2cccc(C)c2C)c(C)o1. The predicted molar refractivity (Wildman–Crippen MR) is 81.9 cm³/mol. The average molecular weight is 301 g/mol. The Bertz CT molecular complexity index is 730. The molecule has 2 N–H and O–H groups in total. The lowest BCUT2D eigenvalue weighted by Gasteiger charge is -2.18. The first-order valence-electron chi connectivity index (χ1n) is 6.98. The number of nitrogens with one attached hydrogen (secondary N) is 1. The third-order valence-electron chi connectivity index (χ3n) is 3.77. The second kappa shape index (κ2) is 6.05. The number of rotatable bonds is 4. The number of benzene rings is 1. The molecule has 1 heterocycles. The molecular formula is C17H19NO4. The Morgan fingerprint density at radius 3 is 2.41 bits per heavy atom. The molecular weight excluding hydrogens is 282 g/mol. The first kappa shape index (κ1) is 15.8. The summed E-state index contributed by atoms with van der Waals surface area (Å²) in [4.78, 5) is 23.9. The van der Waals surface area contributed by atoms with Crippen molar-refractivity contribution in [1.82, 2.24) is 5.32 Å². The van der Waals surface area contributed by atoms with Crippen LogP contribution in [-0.4, -0.2) is 17.0 Å². The summed E-state index contributed by atoms with van der Waals surface area (Å²) in [6, 6.07) is 5.92. The Morgan fingerprint density at radius 2 is 1.86 bits per heavy atom. The van der Waals surface area contributed by atoms with Crippen LogP contribution in [0.5, 0.6) is 0 Å². The van der Waals surface area contributed by atoms with Crippen molar-refractivity contribution in [3.8, 4) is 0 Å². The molecule has 0 aliphatic rings. The Balaban J connectivity index is 2.34. The number of aliphatic carboxylic acids is 1. The molecule has 5 heteroatoms. The normalized spacial score (nSPS) is 12.0. The second-order valence-electron chi connectivity index (χ2n) is 5.36. The highest BCUT2D eigenvalue weighted by Gasteiger charge is 2.26. The van der Waals surface area contributed by atoms with Gasteiger partial charge in [0.1, 0.15) is 11.5 Å². The molecule has 1 aromatic carbocycles. The maximum Gasteiger partial charge on any atom is 0.330 e. The van der Waals surface area contributed by atoms with E-state index >= 15 is 0 Å². The van der Waals surface area contributed by atoms with Gasteiger partial charge in [0.2, 0.25) is 0 Å². The van der Waals surface area contributed by atoms with Gasteiger partial charge in [-0.25, -0.2) is 4.79 Å². The van der Waals surface area contributed by atoms with Crippen molar-refractivity contribution in [3.05, 3.63) is 58.0 Å². The summed E-state index contributed by atoms with van der Waals surface area (Å²) in [6.45, 7) is 7.17. The van der Waals surface area contributed by atoms with Crippen molar-refractivity contribution >= 4 is 11.9 Å². The molecule has 1 atom stereocenters. The van der Waals surface area contributed by atoms with Gasteiger partial charge in [-0.3, -0.25) is 4.79 Å². The Hall–Kier alpha value is -2.56. The number of carbonyl (C=O) groups excluding carboxylic acids is 1. The molecule has 0 saturated carbocycles. The van der Waals surface area contributed by atoms with Gasteiger partial charge in [0.05, 0.1) is 5.56 Å². The number of carbonyl (C=O) groups is 2. The smallest absolute Gasteiger partial charge is 0.330 e. The monoisotopic (exact) mass is 301 g/mol. The fraction of sp³-hybridized carbons (Fsp3) is 0.294. The molecule has 5 nitrogen and oxygen atoms in total. The van der Waals surface area contributed by atoms with Crippen LogP contribution in [0.15, 0.2) is 28.7 Å². The zero-order valence-corrected chi connectivity index (χ0v) is 13.1. The molecule has 1 unspecified atom stereocenters. The van der Waals surface area contributed by atoms with E-state index in [-0.39, 0.29) is 0 Å². The summed E-state index contributed by atoms with van der Waals surface area (Å²) in [7, 11) is 0. The van der Waals surface area contributed by atoms with Crippen molar-refractivity contribution < 1.29 is 19.1 Å². The van der Waals surface area contributed by atoms with E-state index in [2.05, 4.69) is 5.32 Å². The maximum atomic E-state index is 12.3. The molecule has 0 saturated heterocycles. The van der Waals surface area contributed by atoms with Crippen molar-refractivity contribution in [2.24, 2.45) is 0 Å². The summed E-state index contributed by atoms with van der Waals surface area (Å²) in [5.74, 6) is -0.469. The minimum absolute atomic E-state index is 0.356. The summed E-state index contributed by atoms with van der Waals surface area (Å²) in [5, 5.41) is 12.0. The molecule has 0 aliphatic heterocycles. The molecule has 0 spiro atoms. The lowest BCUT2D eigenvalue weighted by molar-refractivity contribution is -0.139. The van der Waals surface area contributed by atoms with E-state index in [1.54, 1.807) is 32.0 Å². The van der Waals surface area contributed by atoms with E-state index in [1.807, 2.05) is 19.9 Å². The van der Waals surface area contributed by atoms with Crippen LogP contribution in [0.1, 0.15) is 44.6 Å². The van der Waals surface area contributed by atoms with Crippen molar-refractivity contribution in [2.45, 2.75) is 33.7 Å². The van der Waals surface area contributed by atoms with Gasteiger partial charge >= 0.3 is 5.97 Å². The summed E-state index contributed by atoms with van der Waals surface area (Å²) in [6.07, 6.45) is 0. The minimum Gasteiger partial charge on any atom is -0.479 e. The lowest BCUT2D eigenvalue weighted by Crippen LogP contribution is -2.34. The number of hydrogen-bond acceptors (Lipinski definition) is 3. The highest BCUT2D eigenvalue weighted by atomic mass is 16.4. The van der Waals surface area contributed by atoms with Gasteiger partial charge in [-0.1, -0.05) is 18.2 Å². The summed E-state index contributed by atoms with van der Waals surface area (Å²) >= 11 is 0. The second-order valence-corrected chi connectivity index (χ2v) is 5.36. The molecule has 116 valence electrons. The quantitative estimate of drug-likeness (QED) is 0.909. The molecule has 0 aliphatic carbocycles. The van der Waals surface area contributed by atoms with Gasteiger partial charge in [0.15, 0.2) is 6.04 Å². The van der Waals surface area contributed by atoms with E-state index in [0.29, 0.717) is 22.6 Å². The summed E-state index contributed by atoms with van der Waals surface area (Å²) < 4.78 is 5.32. The van der Waals surface area contributed by atoms with Crippen molar-refractivity contribution in [2.75, 3.05) is 0 Å². The Morgan fingerprint density at radius 1 is 1.18 bits per heavy atom. The fourth-order valence-corrected chi connectivity index (χ4v) is 2.42. The number of hydrogen-bond donors (Lipinski definition) is 2. The van der Waals surface area contributed by atoms with Crippen LogP contribution in [0.2, 0.25) is 0 Å². The van der Waals surface area contributed by atoms with Crippen molar-refractivity contribution in [3.63, 3.8) is 0 Å². The first-order chi connectivity index (χ1) is 10.3. The topological polar surface area (TPSA) is 79.5 Å². The molecule has 2 rings (SSSR count). The van der Waals surface area contributed by atoms with Crippen LogP contribution in [0, 0.1) is 27.7 Å².